The second-order valence-corrected chi connectivity index (χ2v) is 5.62. The average Bonchev–Trinajstić information content (AvgIpc) is 2.30. The Hall–Kier alpha value is -0.120. The molecule has 0 aromatic carbocycles. The SMILES string of the molecule is CCC(C)(CN)CN1CCCC(CCO)C1. The highest BCUT2D eigenvalue weighted by molar-refractivity contribution is 4.81. The smallest absolute Gasteiger partial charge is 0.0434 e. The van der Waals surface area contributed by atoms with E-state index in [-0.39, 0.29) is 5.41 Å². The zero-order valence-corrected chi connectivity index (χ0v) is 10.9. The first-order valence-corrected chi connectivity index (χ1v) is 6.67. The summed E-state index contributed by atoms with van der Waals surface area (Å²) < 4.78 is 0. The Morgan fingerprint density at radius 2 is 2.25 bits per heavy atom. The van der Waals surface area contributed by atoms with Crippen LogP contribution in [0.2, 0.25) is 0 Å². The van der Waals surface area contributed by atoms with Crippen LogP contribution in [-0.4, -0.2) is 42.8 Å². The molecule has 96 valence electrons. The molecule has 16 heavy (non-hydrogen) atoms. The minimum atomic E-state index is 0.265. The normalized spacial score (nSPS) is 26.6. The van der Waals surface area contributed by atoms with Gasteiger partial charge in [0, 0.05) is 19.7 Å². The third-order valence-corrected chi connectivity index (χ3v) is 4.09. The second-order valence-electron chi connectivity index (χ2n) is 5.62. The Bertz CT molecular complexity index is 190. The van der Waals surface area contributed by atoms with Crippen molar-refractivity contribution in [2.75, 3.05) is 32.8 Å². The van der Waals surface area contributed by atoms with Crippen LogP contribution in [0.1, 0.15) is 39.5 Å². The van der Waals surface area contributed by atoms with Gasteiger partial charge in [-0.1, -0.05) is 13.8 Å². The van der Waals surface area contributed by atoms with Gasteiger partial charge >= 0.3 is 0 Å². The van der Waals surface area contributed by atoms with Crippen molar-refractivity contribution in [1.82, 2.24) is 4.90 Å². The zero-order chi connectivity index (χ0) is 12.0. The van der Waals surface area contributed by atoms with Crippen molar-refractivity contribution in [1.29, 1.82) is 0 Å². The van der Waals surface area contributed by atoms with Gasteiger partial charge in [0.15, 0.2) is 0 Å². The van der Waals surface area contributed by atoms with Gasteiger partial charge in [-0.05, 0) is 50.1 Å². The predicted octanol–water partition coefficient (Wildman–Crippen LogP) is 1.46. The fraction of sp³-hybridized carbons (Fsp3) is 1.00. The first-order valence-electron chi connectivity index (χ1n) is 6.67. The number of aliphatic hydroxyl groups is 1. The summed E-state index contributed by atoms with van der Waals surface area (Å²) in [5, 5.41) is 8.99. The summed E-state index contributed by atoms with van der Waals surface area (Å²) in [7, 11) is 0. The van der Waals surface area contributed by atoms with Gasteiger partial charge in [-0.25, -0.2) is 0 Å². The monoisotopic (exact) mass is 228 g/mol. The summed E-state index contributed by atoms with van der Waals surface area (Å²) in [5.41, 5.74) is 6.13. The third-order valence-electron chi connectivity index (χ3n) is 4.09. The van der Waals surface area contributed by atoms with Crippen LogP contribution in [0.5, 0.6) is 0 Å². The van der Waals surface area contributed by atoms with Crippen LogP contribution in [0, 0.1) is 11.3 Å². The summed E-state index contributed by atoms with van der Waals surface area (Å²) in [6.45, 7) is 9.07. The topological polar surface area (TPSA) is 49.5 Å². The van der Waals surface area contributed by atoms with Gasteiger partial charge in [-0.2, -0.15) is 0 Å². The lowest BCUT2D eigenvalue weighted by Crippen LogP contribution is -2.44. The molecule has 1 saturated heterocycles. The van der Waals surface area contributed by atoms with E-state index in [0.717, 1.165) is 32.5 Å². The maximum absolute atomic E-state index is 8.99. The second kappa shape index (κ2) is 6.58. The van der Waals surface area contributed by atoms with Crippen LogP contribution in [0.15, 0.2) is 0 Å². The molecule has 0 amide bonds. The van der Waals surface area contributed by atoms with Crippen LogP contribution >= 0.6 is 0 Å². The molecule has 0 spiro atoms. The van der Waals surface area contributed by atoms with E-state index in [0.29, 0.717) is 12.5 Å². The van der Waals surface area contributed by atoms with Gasteiger partial charge in [-0.15, -0.1) is 0 Å². The third kappa shape index (κ3) is 4.04. The standard InChI is InChI=1S/C13H28N2O/c1-3-13(2,10-14)11-15-7-4-5-12(9-15)6-8-16/h12,16H,3-11,14H2,1-2H3. The van der Waals surface area contributed by atoms with E-state index in [4.69, 9.17) is 10.8 Å². The summed E-state index contributed by atoms with van der Waals surface area (Å²) in [5.74, 6) is 0.692. The lowest BCUT2D eigenvalue weighted by molar-refractivity contribution is 0.101. The fourth-order valence-corrected chi connectivity index (χ4v) is 2.57. The van der Waals surface area contributed by atoms with Crippen molar-refractivity contribution in [2.24, 2.45) is 17.1 Å². The summed E-state index contributed by atoms with van der Waals surface area (Å²) >= 11 is 0. The van der Waals surface area contributed by atoms with E-state index in [1.165, 1.54) is 19.4 Å². The molecule has 0 bridgehead atoms. The molecule has 1 aliphatic rings. The molecular formula is C13H28N2O. The largest absolute Gasteiger partial charge is 0.396 e. The average molecular weight is 228 g/mol. The van der Waals surface area contributed by atoms with E-state index in [9.17, 15) is 0 Å². The minimum Gasteiger partial charge on any atom is -0.396 e. The van der Waals surface area contributed by atoms with Crippen molar-refractivity contribution in [3.05, 3.63) is 0 Å². The lowest BCUT2D eigenvalue weighted by Gasteiger charge is -2.38. The van der Waals surface area contributed by atoms with Crippen molar-refractivity contribution < 1.29 is 5.11 Å². The number of hydrogen-bond acceptors (Lipinski definition) is 3. The van der Waals surface area contributed by atoms with Gasteiger partial charge in [0.1, 0.15) is 0 Å². The number of rotatable bonds is 6. The van der Waals surface area contributed by atoms with E-state index in [1.54, 1.807) is 0 Å². The van der Waals surface area contributed by atoms with E-state index in [1.807, 2.05) is 0 Å². The number of hydrogen-bond donors (Lipinski definition) is 2. The molecule has 3 nitrogen and oxygen atoms in total. The zero-order valence-electron chi connectivity index (χ0n) is 10.9. The van der Waals surface area contributed by atoms with Crippen LogP contribution in [0.3, 0.4) is 0 Å². The molecule has 2 atom stereocenters. The van der Waals surface area contributed by atoms with Gasteiger partial charge in [0.2, 0.25) is 0 Å². The number of piperidine rings is 1. The Labute approximate surface area is 100 Å². The lowest BCUT2D eigenvalue weighted by atomic mass is 9.85. The van der Waals surface area contributed by atoms with Crippen molar-refractivity contribution >= 4 is 0 Å². The molecule has 1 heterocycles. The minimum absolute atomic E-state index is 0.265. The number of nitrogens with zero attached hydrogens (tertiary/aromatic N) is 1. The highest BCUT2D eigenvalue weighted by Gasteiger charge is 2.27. The van der Waals surface area contributed by atoms with Crippen molar-refractivity contribution in [3.63, 3.8) is 0 Å². The molecule has 0 aromatic rings. The van der Waals surface area contributed by atoms with Crippen molar-refractivity contribution in [3.8, 4) is 0 Å². The van der Waals surface area contributed by atoms with Gasteiger partial charge < -0.3 is 15.7 Å². The number of nitrogens with two attached hydrogens (primary N) is 1. The quantitative estimate of drug-likeness (QED) is 0.723. The van der Waals surface area contributed by atoms with Gasteiger partial charge in [-0.3, -0.25) is 0 Å². The van der Waals surface area contributed by atoms with Crippen LogP contribution < -0.4 is 5.73 Å². The summed E-state index contributed by atoms with van der Waals surface area (Å²) in [6, 6.07) is 0. The number of aliphatic hydroxyl groups excluding tert-OH is 1. The van der Waals surface area contributed by atoms with E-state index < -0.39 is 0 Å². The fourth-order valence-electron chi connectivity index (χ4n) is 2.57. The molecule has 0 aliphatic carbocycles. The molecule has 3 heteroatoms. The molecule has 0 saturated carbocycles. The molecule has 3 N–H and O–H groups in total. The number of likely N-dealkylation sites (tertiary alicyclic amines) is 1. The van der Waals surface area contributed by atoms with E-state index in [2.05, 4.69) is 18.7 Å². The Morgan fingerprint density at radius 3 is 2.81 bits per heavy atom. The maximum atomic E-state index is 8.99. The Balaban J connectivity index is 2.41. The molecule has 2 unspecified atom stereocenters. The highest BCUT2D eigenvalue weighted by atomic mass is 16.3. The summed E-state index contributed by atoms with van der Waals surface area (Å²) in [6.07, 6.45) is 4.66. The molecule has 1 aliphatic heterocycles. The molecule has 0 aromatic heterocycles. The highest BCUT2D eigenvalue weighted by Crippen LogP contribution is 2.25. The Kier molecular flexibility index (Phi) is 5.73. The van der Waals surface area contributed by atoms with Crippen LogP contribution in [-0.2, 0) is 0 Å². The van der Waals surface area contributed by atoms with Crippen LogP contribution in [0.25, 0.3) is 0 Å². The first-order chi connectivity index (χ1) is 7.63. The van der Waals surface area contributed by atoms with E-state index >= 15 is 0 Å². The predicted molar refractivity (Wildman–Crippen MR) is 68.3 cm³/mol. The maximum Gasteiger partial charge on any atom is 0.0434 e. The van der Waals surface area contributed by atoms with Crippen molar-refractivity contribution in [2.45, 2.75) is 39.5 Å². The van der Waals surface area contributed by atoms with Gasteiger partial charge in [0.05, 0.1) is 0 Å². The molecular weight excluding hydrogens is 200 g/mol. The first kappa shape index (κ1) is 13.9. The molecule has 0 radical (unpaired) electrons. The Morgan fingerprint density at radius 1 is 1.50 bits per heavy atom. The van der Waals surface area contributed by atoms with Gasteiger partial charge in [0.25, 0.3) is 0 Å². The summed E-state index contributed by atoms with van der Waals surface area (Å²) in [4.78, 5) is 2.54. The van der Waals surface area contributed by atoms with Crippen LogP contribution in [0.4, 0.5) is 0 Å². The molecule has 1 rings (SSSR count). The molecule has 1 fully saturated rings.